The predicted molar refractivity (Wildman–Crippen MR) is 114 cm³/mol. The van der Waals surface area contributed by atoms with Gasteiger partial charge in [0.2, 0.25) is 0 Å². The summed E-state index contributed by atoms with van der Waals surface area (Å²) in [6.45, 7) is 0. The smallest absolute Gasteiger partial charge is 0.190 e. The molecule has 0 unspecified atom stereocenters. The monoisotopic (exact) mass is 440 g/mol. The van der Waals surface area contributed by atoms with Crippen LogP contribution in [0.15, 0.2) is 52.0 Å². The molecule has 0 spiro atoms. The summed E-state index contributed by atoms with van der Waals surface area (Å²) in [7, 11) is 1.70. The van der Waals surface area contributed by atoms with Crippen LogP contribution in [0, 0.1) is 5.92 Å². The van der Waals surface area contributed by atoms with Gasteiger partial charge in [0.05, 0.1) is 18.9 Å². The van der Waals surface area contributed by atoms with E-state index in [1.807, 2.05) is 12.1 Å². The lowest BCUT2D eigenvalue weighted by Crippen LogP contribution is -2.45. The summed E-state index contributed by atoms with van der Waals surface area (Å²) in [5, 5.41) is 7.34. The standard InChI is InChI=1S/C23H25BrN2O2/c1-27-18-10-7-15(8-11-18)20-14-21-19-13-17(24)9-12-22(19)28-23(26(21)25-20)16-5-3-2-4-6-16/h7-13,16,21,23H,2-6,14H2,1H3/t21-,23+/m0/s1. The van der Waals surface area contributed by atoms with Crippen molar-refractivity contribution in [2.75, 3.05) is 7.11 Å². The summed E-state index contributed by atoms with van der Waals surface area (Å²) in [5.41, 5.74) is 3.52. The van der Waals surface area contributed by atoms with Crippen LogP contribution in [0.1, 0.15) is 55.7 Å². The molecule has 2 aromatic carbocycles. The number of hydrogen-bond acceptors (Lipinski definition) is 4. The number of hydrogen-bond donors (Lipinski definition) is 0. The van der Waals surface area contributed by atoms with Gasteiger partial charge >= 0.3 is 0 Å². The van der Waals surface area contributed by atoms with Crippen molar-refractivity contribution in [3.63, 3.8) is 0 Å². The molecule has 0 amide bonds. The van der Waals surface area contributed by atoms with E-state index >= 15 is 0 Å². The average Bonchev–Trinajstić information content (AvgIpc) is 3.20. The predicted octanol–water partition coefficient (Wildman–Crippen LogP) is 5.91. The lowest BCUT2D eigenvalue weighted by atomic mass is 9.86. The maximum absolute atomic E-state index is 6.54. The van der Waals surface area contributed by atoms with Gasteiger partial charge in [-0.05, 0) is 60.9 Å². The molecule has 28 heavy (non-hydrogen) atoms. The Bertz CT molecular complexity index is 890. The maximum atomic E-state index is 6.54. The molecule has 0 aromatic heterocycles. The normalized spacial score (nSPS) is 24.2. The molecular formula is C23H25BrN2O2. The van der Waals surface area contributed by atoms with Crippen LogP contribution in [0.25, 0.3) is 0 Å². The van der Waals surface area contributed by atoms with Gasteiger partial charge in [-0.1, -0.05) is 35.2 Å². The maximum Gasteiger partial charge on any atom is 0.190 e. The van der Waals surface area contributed by atoms with Crippen LogP contribution in [0.2, 0.25) is 0 Å². The van der Waals surface area contributed by atoms with Gasteiger partial charge in [0.15, 0.2) is 6.23 Å². The van der Waals surface area contributed by atoms with Gasteiger partial charge in [0.1, 0.15) is 11.5 Å². The van der Waals surface area contributed by atoms with Gasteiger partial charge in [0.25, 0.3) is 0 Å². The van der Waals surface area contributed by atoms with Gasteiger partial charge in [-0.25, -0.2) is 5.01 Å². The van der Waals surface area contributed by atoms with Gasteiger partial charge in [-0.2, -0.15) is 5.10 Å². The van der Waals surface area contributed by atoms with Gasteiger partial charge in [0, 0.05) is 22.4 Å². The number of ether oxygens (including phenoxy) is 2. The van der Waals surface area contributed by atoms with E-state index in [1.165, 1.54) is 37.7 Å². The van der Waals surface area contributed by atoms with Gasteiger partial charge in [-0.3, -0.25) is 0 Å². The zero-order chi connectivity index (χ0) is 19.1. The highest BCUT2D eigenvalue weighted by Crippen LogP contribution is 2.47. The van der Waals surface area contributed by atoms with E-state index in [0.29, 0.717) is 5.92 Å². The average molecular weight is 441 g/mol. The summed E-state index contributed by atoms with van der Waals surface area (Å²) < 4.78 is 12.9. The molecule has 3 aliphatic rings. The van der Waals surface area contributed by atoms with Crippen LogP contribution in [0.3, 0.4) is 0 Å². The third kappa shape index (κ3) is 3.20. The Balaban J connectivity index is 1.51. The van der Waals surface area contributed by atoms with Crippen molar-refractivity contribution in [2.45, 2.75) is 50.8 Å². The molecule has 0 bridgehead atoms. The number of fused-ring (bicyclic) bond motifs is 3. The third-order valence-corrected chi connectivity index (χ3v) is 6.75. The molecule has 146 valence electrons. The van der Waals surface area contributed by atoms with Crippen molar-refractivity contribution in [3.8, 4) is 11.5 Å². The van der Waals surface area contributed by atoms with Crippen LogP contribution in [0.4, 0.5) is 0 Å². The molecule has 2 aliphatic heterocycles. The van der Waals surface area contributed by atoms with Gasteiger partial charge < -0.3 is 9.47 Å². The van der Waals surface area contributed by atoms with E-state index in [9.17, 15) is 0 Å². The molecule has 4 nitrogen and oxygen atoms in total. The van der Waals surface area contributed by atoms with Crippen LogP contribution in [0.5, 0.6) is 11.5 Å². The van der Waals surface area contributed by atoms with Gasteiger partial charge in [-0.15, -0.1) is 0 Å². The summed E-state index contributed by atoms with van der Waals surface area (Å²) in [6, 6.07) is 14.8. The Morgan fingerprint density at radius 3 is 2.61 bits per heavy atom. The number of methoxy groups -OCH3 is 1. The third-order valence-electron chi connectivity index (χ3n) is 6.26. The molecule has 2 atom stereocenters. The Hall–Kier alpha value is -2.01. The number of halogens is 1. The van der Waals surface area contributed by atoms with Crippen molar-refractivity contribution in [1.29, 1.82) is 0 Å². The number of rotatable bonds is 3. The fourth-order valence-corrected chi connectivity index (χ4v) is 5.15. The summed E-state index contributed by atoms with van der Waals surface area (Å²) in [5.74, 6) is 2.44. The lowest BCUT2D eigenvalue weighted by molar-refractivity contribution is -0.0644. The molecule has 0 radical (unpaired) electrons. The van der Waals surface area contributed by atoms with Crippen LogP contribution in [-0.4, -0.2) is 24.1 Å². The molecule has 1 saturated carbocycles. The van der Waals surface area contributed by atoms with Crippen LogP contribution < -0.4 is 9.47 Å². The topological polar surface area (TPSA) is 34.1 Å². The van der Waals surface area contributed by atoms with E-state index in [0.717, 1.165) is 33.7 Å². The minimum atomic E-state index is 0.0368. The molecule has 2 aromatic rings. The van der Waals surface area contributed by atoms with Crippen molar-refractivity contribution >= 4 is 21.6 Å². The molecule has 1 aliphatic carbocycles. The molecule has 5 rings (SSSR count). The first-order valence-electron chi connectivity index (χ1n) is 10.2. The number of benzene rings is 2. The molecule has 0 saturated heterocycles. The van der Waals surface area contributed by atoms with Crippen molar-refractivity contribution in [3.05, 3.63) is 58.1 Å². The summed E-state index contributed by atoms with van der Waals surface area (Å²) >= 11 is 3.63. The SMILES string of the molecule is COc1ccc(C2=NN3[C@@H](C4CCCCC4)Oc4ccc(Br)cc4[C@@H]3C2)cc1. The molecule has 0 N–H and O–H groups in total. The lowest BCUT2D eigenvalue weighted by Gasteiger charge is -2.42. The first kappa shape index (κ1) is 18.0. The van der Waals surface area contributed by atoms with Crippen LogP contribution >= 0.6 is 15.9 Å². The first-order valence-corrected chi connectivity index (χ1v) is 11.0. The summed E-state index contributed by atoms with van der Waals surface area (Å²) in [6.07, 6.45) is 7.34. The van der Waals surface area contributed by atoms with Crippen LogP contribution in [-0.2, 0) is 0 Å². The first-order chi connectivity index (χ1) is 13.7. The minimum Gasteiger partial charge on any atom is -0.497 e. The number of hydrazone groups is 1. The fourth-order valence-electron chi connectivity index (χ4n) is 4.77. The van der Waals surface area contributed by atoms with E-state index in [1.54, 1.807) is 7.11 Å². The molecular weight excluding hydrogens is 416 g/mol. The van der Waals surface area contributed by atoms with Crippen molar-refractivity contribution in [1.82, 2.24) is 5.01 Å². The minimum absolute atomic E-state index is 0.0368. The Morgan fingerprint density at radius 1 is 1.07 bits per heavy atom. The second kappa shape index (κ2) is 7.43. The Morgan fingerprint density at radius 2 is 1.86 bits per heavy atom. The highest BCUT2D eigenvalue weighted by atomic mass is 79.9. The van der Waals surface area contributed by atoms with E-state index in [4.69, 9.17) is 14.6 Å². The molecule has 5 heteroatoms. The summed E-state index contributed by atoms with van der Waals surface area (Å²) in [4.78, 5) is 0. The second-order valence-corrected chi connectivity index (χ2v) is 8.88. The second-order valence-electron chi connectivity index (χ2n) is 7.96. The molecule has 1 fully saturated rings. The zero-order valence-electron chi connectivity index (χ0n) is 16.1. The zero-order valence-corrected chi connectivity index (χ0v) is 17.7. The fraction of sp³-hybridized carbons (Fsp3) is 0.435. The van der Waals surface area contributed by atoms with E-state index in [-0.39, 0.29) is 12.3 Å². The van der Waals surface area contributed by atoms with Crippen molar-refractivity contribution < 1.29 is 9.47 Å². The molecule has 2 heterocycles. The highest BCUT2D eigenvalue weighted by Gasteiger charge is 2.43. The van der Waals surface area contributed by atoms with Crippen molar-refractivity contribution in [2.24, 2.45) is 11.0 Å². The van der Waals surface area contributed by atoms with E-state index in [2.05, 4.69) is 51.3 Å². The Labute approximate surface area is 174 Å². The van der Waals surface area contributed by atoms with E-state index < -0.39 is 0 Å². The quantitative estimate of drug-likeness (QED) is 0.594. The Kier molecular flexibility index (Phi) is 4.79. The number of nitrogens with zero attached hydrogens (tertiary/aromatic N) is 2. The highest BCUT2D eigenvalue weighted by molar-refractivity contribution is 9.10. The largest absolute Gasteiger partial charge is 0.497 e.